The van der Waals surface area contributed by atoms with Gasteiger partial charge in [0, 0.05) is 18.5 Å². The number of esters is 1. The summed E-state index contributed by atoms with van der Waals surface area (Å²) in [5, 5.41) is 3.49. The van der Waals surface area contributed by atoms with Gasteiger partial charge in [-0.15, -0.1) is 0 Å². The van der Waals surface area contributed by atoms with Gasteiger partial charge < -0.3 is 10.1 Å². The fourth-order valence-corrected chi connectivity index (χ4v) is 1.92. The summed E-state index contributed by atoms with van der Waals surface area (Å²) in [6.07, 6.45) is 1.28. The van der Waals surface area contributed by atoms with Crippen LogP contribution in [0.5, 0.6) is 0 Å². The monoisotopic (exact) mass is 249 g/mol. The number of benzene rings is 1. The lowest BCUT2D eigenvalue weighted by molar-refractivity contribution is -0.143. The molecule has 3 nitrogen and oxygen atoms in total. The van der Waals surface area contributed by atoms with E-state index in [2.05, 4.69) is 31.3 Å². The largest absolute Gasteiger partial charge is 0.466 e. The highest BCUT2D eigenvalue weighted by atomic mass is 16.5. The number of hydrogen-bond acceptors (Lipinski definition) is 3. The Morgan fingerprint density at radius 1 is 1.28 bits per heavy atom. The Bertz CT molecular complexity index is 351. The predicted molar refractivity (Wildman–Crippen MR) is 73.3 cm³/mol. The van der Waals surface area contributed by atoms with Crippen molar-refractivity contribution in [1.82, 2.24) is 5.32 Å². The molecule has 2 atom stereocenters. The van der Waals surface area contributed by atoms with Gasteiger partial charge in [-0.2, -0.15) is 0 Å². The van der Waals surface area contributed by atoms with E-state index in [0.717, 1.165) is 6.42 Å². The van der Waals surface area contributed by atoms with Crippen LogP contribution in [0.4, 0.5) is 0 Å². The standard InChI is InChI=1S/C15H23NO2/c1-4-18-15(17)11-10-12(2)16-13(3)14-8-6-5-7-9-14/h5-9,12-13,16H,4,10-11H2,1-3H3. The zero-order valence-electron chi connectivity index (χ0n) is 11.5. The molecule has 100 valence electrons. The first-order chi connectivity index (χ1) is 8.63. The molecule has 18 heavy (non-hydrogen) atoms. The molecule has 1 aromatic rings. The molecule has 0 aliphatic carbocycles. The Hall–Kier alpha value is -1.35. The van der Waals surface area contributed by atoms with Crippen LogP contribution in [0.15, 0.2) is 30.3 Å². The lowest BCUT2D eigenvalue weighted by atomic mass is 10.1. The molecule has 0 aromatic heterocycles. The van der Waals surface area contributed by atoms with Crippen molar-refractivity contribution in [2.24, 2.45) is 0 Å². The Balaban J connectivity index is 2.32. The molecular weight excluding hydrogens is 226 g/mol. The van der Waals surface area contributed by atoms with Crippen LogP contribution in [0.1, 0.15) is 45.2 Å². The molecule has 0 aliphatic heterocycles. The van der Waals surface area contributed by atoms with Crippen molar-refractivity contribution >= 4 is 5.97 Å². The first-order valence-electron chi connectivity index (χ1n) is 6.60. The van der Waals surface area contributed by atoms with Crippen molar-refractivity contribution in [3.63, 3.8) is 0 Å². The van der Waals surface area contributed by atoms with Gasteiger partial charge in [-0.1, -0.05) is 30.3 Å². The lowest BCUT2D eigenvalue weighted by Crippen LogP contribution is -2.29. The Morgan fingerprint density at radius 2 is 1.94 bits per heavy atom. The normalized spacial score (nSPS) is 13.9. The van der Waals surface area contributed by atoms with E-state index in [1.807, 2.05) is 25.1 Å². The first kappa shape index (κ1) is 14.7. The summed E-state index contributed by atoms with van der Waals surface area (Å²) in [6, 6.07) is 10.9. The summed E-state index contributed by atoms with van der Waals surface area (Å²) in [5.74, 6) is -0.112. The molecular formula is C15H23NO2. The van der Waals surface area contributed by atoms with Crippen molar-refractivity contribution < 1.29 is 9.53 Å². The van der Waals surface area contributed by atoms with Crippen molar-refractivity contribution in [3.05, 3.63) is 35.9 Å². The second-order valence-electron chi connectivity index (χ2n) is 4.54. The number of carbonyl (C=O) groups is 1. The second kappa shape index (κ2) is 7.88. The van der Waals surface area contributed by atoms with E-state index in [1.54, 1.807) is 0 Å². The second-order valence-corrected chi connectivity index (χ2v) is 4.54. The van der Waals surface area contributed by atoms with Gasteiger partial charge in [-0.25, -0.2) is 0 Å². The van der Waals surface area contributed by atoms with E-state index >= 15 is 0 Å². The Kier molecular flexibility index (Phi) is 6.44. The average molecular weight is 249 g/mol. The van der Waals surface area contributed by atoms with Gasteiger partial charge in [-0.05, 0) is 32.8 Å². The maximum absolute atomic E-state index is 11.3. The molecule has 0 bridgehead atoms. The number of ether oxygens (including phenoxy) is 1. The van der Waals surface area contributed by atoms with Gasteiger partial charge in [0.1, 0.15) is 0 Å². The number of nitrogens with one attached hydrogen (secondary N) is 1. The first-order valence-corrected chi connectivity index (χ1v) is 6.60. The van der Waals surface area contributed by atoms with Crippen LogP contribution in [-0.4, -0.2) is 18.6 Å². The van der Waals surface area contributed by atoms with Crippen molar-refractivity contribution in [2.75, 3.05) is 6.61 Å². The minimum absolute atomic E-state index is 0.112. The molecule has 0 saturated carbocycles. The predicted octanol–water partition coefficient (Wildman–Crippen LogP) is 3.07. The van der Waals surface area contributed by atoms with Gasteiger partial charge in [0.2, 0.25) is 0 Å². The van der Waals surface area contributed by atoms with Crippen LogP contribution in [0.2, 0.25) is 0 Å². The van der Waals surface area contributed by atoms with E-state index in [0.29, 0.717) is 25.1 Å². The van der Waals surface area contributed by atoms with E-state index < -0.39 is 0 Å². The molecule has 0 amide bonds. The minimum Gasteiger partial charge on any atom is -0.466 e. The van der Waals surface area contributed by atoms with Gasteiger partial charge in [0.25, 0.3) is 0 Å². The summed E-state index contributed by atoms with van der Waals surface area (Å²) in [5.41, 5.74) is 1.26. The fourth-order valence-electron chi connectivity index (χ4n) is 1.92. The topological polar surface area (TPSA) is 38.3 Å². The van der Waals surface area contributed by atoms with Crippen LogP contribution in [0, 0.1) is 0 Å². The average Bonchev–Trinajstić information content (AvgIpc) is 2.38. The van der Waals surface area contributed by atoms with E-state index in [-0.39, 0.29) is 5.97 Å². The van der Waals surface area contributed by atoms with E-state index in [4.69, 9.17) is 4.74 Å². The summed E-state index contributed by atoms with van der Waals surface area (Å²) < 4.78 is 4.92. The molecule has 0 fully saturated rings. The Labute approximate surface area is 110 Å². The molecule has 1 N–H and O–H groups in total. The van der Waals surface area contributed by atoms with E-state index in [1.165, 1.54) is 5.56 Å². The number of hydrogen-bond donors (Lipinski definition) is 1. The fraction of sp³-hybridized carbons (Fsp3) is 0.533. The third kappa shape index (κ3) is 5.32. The summed E-state index contributed by atoms with van der Waals surface area (Å²) >= 11 is 0. The van der Waals surface area contributed by atoms with Gasteiger partial charge in [-0.3, -0.25) is 4.79 Å². The van der Waals surface area contributed by atoms with Crippen LogP contribution in [0.25, 0.3) is 0 Å². The van der Waals surface area contributed by atoms with Gasteiger partial charge >= 0.3 is 5.97 Å². The number of rotatable bonds is 7. The highest BCUT2D eigenvalue weighted by Crippen LogP contribution is 2.13. The maximum Gasteiger partial charge on any atom is 0.305 e. The smallest absolute Gasteiger partial charge is 0.305 e. The highest BCUT2D eigenvalue weighted by molar-refractivity contribution is 5.69. The van der Waals surface area contributed by atoms with Crippen molar-refractivity contribution in [1.29, 1.82) is 0 Å². The molecule has 2 unspecified atom stereocenters. The molecule has 1 aromatic carbocycles. The minimum atomic E-state index is -0.112. The zero-order chi connectivity index (χ0) is 13.4. The maximum atomic E-state index is 11.3. The SMILES string of the molecule is CCOC(=O)CCC(C)NC(C)c1ccccc1. The van der Waals surface area contributed by atoms with Crippen LogP contribution in [-0.2, 0) is 9.53 Å². The third-order valence-corrected chi connectivity index (χ3v) is 2.92. The quantitative estimate of drug-likeness (QED) is 0.755. The van der Waals surface area contributed by atoms with Crippen molar-refractivity contribution in [3.8, 4) is 0 Å². The highest BCUT2D eigenvalue weighted by Gasteiger charge is 2.11. The Morgan fingerprint density at radius 3 is 2.56 bits per heavy atom. The molecule has 0 heterocycles. The van der Waals surface area contributed by atoms with Gasteiger partial charge in [0.05, 0.1) is 6.61 Å². The summed E-state index contributed by atoms with van der Waals surface area (Å²) in [4.78, 5) is 11.3. The zero-order valence-corrected chi connectivity index (χ0v) is 11.5. The van der Waals surface area contributed by atoms with Crippen LogP contribution >= 0.6 is 0 Å². The molecule has 3 heteroatoms. The van der Waals surface area contributed by atoms with Crippen LogP contribution in [0.3, 0.4) is 0 Å². The number of carbonyl (C=O) groups excluding carboxylic acids is 1. The lowest BCUT2D eigenvalue weighted by Gasteiger charge is -2.20. The summed E-state index contributed by atoms with van der Waals surface area (Å²) in [7, 11) is 0. The summed E-state index contributed by atoms with van der Waals surface area (Å²) in [6.45, 7) is 6.52. The van der Waals surface area contributed by atoms with E-state index in [9.17, 15) is 4.79 Å². The molecule has 1 rings (SSSR count). The molecule has 0 radical (unpaired) electrons. The molecule has 0 saturated heterocycles. The van der Waals surface area contributed by atoms with Gasteiger partial charge in [0.15, 0.2) is 0 Å². The van der Waals surface area contributed by atoms with Crippen molar-refractivity contribution in [2.45, 2.75) is 45.7 Å². The van der Waals surface area contributed by atoms with Crippen LogP contribution < -0.4 is 5.32 Å². The third-order valence-electron chi connectivity index (χ3n) is 2.92. The molecule has 0 spiro atoms. The molecule has 0 aliphatic rings.